The standard InChI is InChI=1S/C11H15FOS/c1-9-3-4-11(12)7-10(9)8-14-6-2-5-13/h3-4,7,13H,2,5-6,8H2,1H3. The van der Waals surface area contributed by atoms with E-state index in [4.69, 9.17) is 5.11 Å². The second kappa shape index (κ2) is 6.04. The maximum absolute atomic E-state index is 12.9. The third-order valence-electron chi connectivity index (χ3n) is 2.02. The summed E-state index contributed by atoms with van der Waals surface area (Å²) >= 11 is 1.73. The molecule has 0 spiro atoms. The molecule has 0 saturated carbocycles. The second-order valence-electron chi connectivity index (χ2n) is 3.20. The fourth-order valence-corrected chi connectivity index (χ4v) is 2.15. The van der Waals surface area contributed by atoms with Crippen LogP contribution in [-0.2, 0) is 5.75 Å². The van der Waals surface area contributed by atoms with Crippen LogP contribution in [0, 0.1) is 12.7 Å². The van der Waals surface area contributed by atoms with Gasteiger partial charge in [-0.25, -0.2) is 4.39 Å². The molecule has 0 fully saturated rings. The van der Waals surface area contributed by atoms with Crippen molar-refractivity contribution in [3.63, 3.8) is 0 Å². The molecule has 78 valence electrons. The van der Waals surface area contributed by atoms with E-state index >= 15 is 0 Å². The molecule has 1 N–H and O–H groups in total. The molecule has 0 unspecified atom stereocenters. The first-order valence-corrected chi connectivity index (χ1v) is 5.83. The maximum atomic E-state index is 12.9. The summed E-state index contributed by atoms with van der Waals surface area (Å²) in [6.07, 6.45) is 0.805. The summed E-state index contributed by atoms with van der Waals surface area (Å²) in [5.74, 6) is 1.57. The van der Waals surface area contributed by atoms with Crippen LogP contribution < -0.4 is 0 Å². The van der Waals surface area contributed by atoms with E-state index in [-0.39, 0.29) is 12.4 Å². The number of rotatable bonds is 5. The van der Waals surface area contributed by atoms with Crippen molar-refractivity contribution in [1.82, 2.24) is 0 Å². The van der Waals surface area contributed by atoms with Crippen molar-refractivity contribution < 1.29 is 9.50 Å². The van der Waals surface area contributed by atoms with Crippen molar-refractivity contribution in [3.05, 3.63) is 35.1 Å². The smallest absolute Gasteiger partial charge is 0.123 e. The Morgan fingerprint density at radius 1 is 1.43 bits per heavy atom. The van der Waals surface area contributed by atoms with E-state index in [9.17, 15) is 4.39 Å². The molecule has 0 amide bonds. The molecule has 1 aromatic carbocycles. The van der Waals surface area contributed by atoms with Gasteiger partial charge in [-0.15, -0.1) is 0 Å². The lowest BCUT2D eigenvalue weighted by Crippen LogP contribution is -1.91. The van der Waals surface area contributed by atoms with E-state index in [2.05, 4.69) is 0 Å². The van der Waals surface area contributed by atoms with Gasteiger partial charge in [-0.1, -0.05) is 6.07 Å². The van der Waals surface area contributed by atoms with Gasteiger partial charge in [-0.3, -0.25) is 0 Å². The Labute approximate surface area is 88.3 Å². The lowest BCUT2D eigenvalue weighted by atomic mass is 10.1. The summed E-state index contributed by atoms with van der Waals surface area (Å²) in [6, 6.07) is 4.87. The highest BCUT2D eigenvalue weighted by molar-refractivity contribution is 7.98. The van der Waals surface area contributed by atoms with Gasteiger partial charge in [0.05, 0.1) is 0 Å². The molecule has 0 atom stereocenters. The summed E-state index contributed by atoms with van der Waals surface area (Å²) in [5.41, 5.74) is 2.18. The number of hydrogen-bond acceptors (Lipinski definition) is 2. The van der Waals surface area contributed by atoms with Crippen molar-refractivity contribution in [2.75, 3.05) is 12.4 Å². The topological polar surface area (TPSA) is 20.2 Å². The number of thioether (sulfide) groups is 1. The fraction of sp³-hybridized carbons (Fsp3) is 0.455. The van der Waals surface area contributed by atoms with Crippen molar-refractivity contribution in [2.45, 2.75) is 19.1 Å². The highest BCUT2D eigenvalue weighted by Crippen LogP contribution is 2.17. The zero-order chi connectivity index (χ0) is 10.4. The number of halogens is 1. The first kappa shape index (κ1) is 11.5. The predicted octanol–water partition coefficient (Wildman–Crippen LogP) is 2.75. The molecular formula is C11H15FOS. The van der Waals surface area contributed by atoms with E-state index in [1.165, 1.54) is 6.07 Å². The average molecular weight is 214 g/mol. The highest BCUT2D eigenvalue weighted by Gasteiger charge is 2.00. The Balaban J connectivity index is 2.45. The molecule has 0 aromatic heterocycles. The van der Waals surface area contributed by atoms with Crippen molar-refractivity contribution >= 4 is 11.8 Å². The summed E-state index contributed by atoms with van der Waals surface area (Å²) in [4.78, 5) is 0. The first-order chi connectivity index (χ1) is 6.74. The molecule has 0 radical (unpaired) electrons. The van der Waals surface area contributed by atoms with Gasteiger partial charge in [0.15, 0.2) is 0 Å². The van der Waals surface area contributed by atoms with Crippen molar-refractivity contribution in [3.8, 4) is 0 Å². The van der Waals surface area contributed by atoms with Gasteiger partial charge >= 0.3 is 0 Å². The minimum absolute atomic E-state index is 0.173. The summed E-state index contributed by atoms with van der Waals surface area (Å²) in [6.45, 7) is 2.22. The second-order valence-corrected chi connectivity index (χ2v) is 4.31. The Kier molecular flexibility index (Phi) is 4.98. The summed E-state index contributed by atoms with van der Waals surface area (Å²) in [7, 11) is 0. The Hall–Kier alpha value is -0.540. The molecular weight excluding hydrogens is 199 g/mol. The quantitative estimate of drug-likeness (QED) is 0.760. The summed E-state index contributed by atoms with van der Waals surface area (Å²) in [5, 5.41) is 8.59. The van der Waals surface area contributed by atoms with Crippen LogP contribution in [0.15, 0.2) is 18.2 Å². The molecule has 0 bridgehead atoms. The fourth-order valence-electron chi connectivity index (χ4n) is 1.14. The summed E-state index contributed by atoms with van der Waals surface area (Å²) < 4.78 is 12.9. The first-order valence-electron chi connectivity index (χ1n) is 4.67. The molecule has 0 aliphatic carbocycles. The number of aliphatic hydroxyl groups is 1. The monoisotopic (exact) mass is 214 g/mol. The SMILES string of the molecule is Cc1ccc(F)cc1CSCCCO. The van der Waals surface area contributed by atoms with Gasteiger partial charge in [0, 0.05) is 12.4 Å². The lowest BCUT2D eigenvalue weighted by Gasteiger charge is -2.05. The zero-order valence-electron chi connectivity index (χ0n) is 8.29. The molecule has 1 nitrogen and oxygen atoms in total. The highest BCUT2D eigenvalue weighted by atomic mass is 32.2. The molecule has 0 saturated heterocycles. The minimum atomic E-state index is -0.173. The van der Waals surface area contributed by atoms with Gasteiger partial charge in [-0.05, 0) is 42.4 Å². The van der Waals surface area contributed by atoms with Crippen LogP contribution in [0.3, 0.4) is 0 Å². The Bertz CT molecular complexity index is 289. The Morgan fingerprint density at radius 3 is 2.93 bits per heavy atom. The van der Waals surface area contributed by atoms with E-state index in [0.29, 0.717) is 0 Å². The molecule has 0 heterocycles. The van der Waals surface area contributed by atoms with Crippen LogP contribution in [-0.4, -0.2) is 17.5 Å². The largest absolute Gasteiger partial charge is 0.396 e. The van der Waals surface area contributed by atoms with Crippen LogP contribution in [0.25, 0.3) is 0 Å². The van der Waals surface area contributed by atoms with Gasteiger partial charge in [0.1, 0.15) is 5.82 Å². The van der Waals surface area contributed by atoms with Gasteiger partial charge < -0.3 is 5.11 Å². The normalized spacial score (nSPS) is 10.5. The van der Waals surface area contributed by atoms with Crippen LogP contribution in [0.4, 0.5) is 4.39 Å². The van der Waals surface area contributed by atoms with E-state index in [1.807, 2.05) is 6.92 Å². The van der Waals surface area contributed by atoms with Crippen molar-refractivity contribution in [2.24, 2.45) is 0 Å². The third-order valence-corrected chi connectivity index (χ3v) is 3.11. The van der Waals surface area contributed by atoms with E-state index in [1.54, 1.807) is 23.9 Å². The van der Waals surface area contributed by atoms with Gasteiger partial charge in [0.25, 0.3) is 0 Å². The van der Waals surface area contributed by atoms with Crippen LogP contribution >= 0.6 is 11.8 Å². The average Bonchev–Trinajstić information content (AvgIpc) is 2.18. The molecule has 14 heavy (non-hydrogen) atoms. The zero-order valence-corrected chi connectivity index (χ0v) is 9.11. The van der Waals surface area contributed by atoms with E-state index in [0.717, 1.165) is 29.1 Å². The van der Waals surface area contributed by atoms with Crippen LogP contribution in [0.5, 0.6) is 0 Å². The number of aryl methyl sites for hydroxylation is 1. The van der Waals surface area contributed by atoms with Gasteiger partial charge in [-0.2, -0.15) is 11.8 Å². The minimum Gasteiger partial charge on any atom is -0.396 e. The van der Waals surface area contributed by atoms with Gasteiger partial charge in [0.2, 0.25) is 0 Å². The van der Waals surface area contributed by atoms with Crippen LogP contribution in [0.2, 0.25) is 0 Å². The maximum Gasteiger partial charge on any atom is 0.123 e. The number of benzene rings is 1. The molecule has 0 aliphatic heterocycles. The molecule has 0 aliphatic rings. The molecule has 1 aromatic rings. The number of hydrogen-bond donors (Lipinski definition) is 1. The molecule has 3 heteroatoms. The van der Waals surface area contributed by atoms with Crippen molar-refractivity contribution in [1.29, 1.82) is 0 Å². The van der Waals surface area contributed by atoms with E-state index < -0.39 is 0 Å². The van der Waals surface area contributed by atoms with Crippen LogP contribution in [0.1, 0.15) is 17.5 Å². The predicted molar refractivity (Wildman–Crippen MR) is 59.0 cm³/mol. The Morgan fingerprint density at radius 2 is 2.21 bits per heavy atom. The molecule has 1 rings (SSSR count). The third kappa shape index (κ3) is 3.68. The number of aliphatic hydroxyl groups excluding tert-OH is 1. The lowest BCUT2D eigenvalue weighted by molar-refractivity contribution is 0.296.